The minimum atomic E-state index is -0.187. The number of aliphatic hydroxyl groups is 1. The fourth-order valence-electron chi connectivity index (χ4n) is 4.80. The van der Waals surface area contributed by atoms with Gasteiger partial charge < -0.3 is 20.1 Å². The van der Waals surface area contributed by atoms with E-state index in [1.807, 2.05) is 23.9 Å². The summed E-state index contributed by atoms with van der Waals surface area (Å²) in [6, 6.07) is 6.55. The molecule has 1 atom stereocenters. The van der Waals surface area contributed by atoms with Gasteiger partial charge in [0.2, 0.25) is 0 Å². The number of aliphatic hydroxyl groups excluding tert-OH is 1. The van der Waals surface area contributed by atoms with Crippen LogP contribution in [0.4, 0.5) is 5.82 Å². The van der Waals surface area contributed by atoms with Gasteiger partial charge in [-0.2, -0.15) is 5.10 Å². The number of anilines is 1. The summed E-state index contributed by atoms with van der Waals surface area (Å²) in [5, 5.41) is 18.8. The fourth-order valence-corrected chi connectivity index (χ4v) is 4.80. The molecule has 0 amide bonds. The van der Waals surface area contributed by atoms with Gasteiger partial charge in [-0.3, -0.25) is 0 Å². The van der Waals surface area contributed by atoms with Gasteiger partial charge in [0.15, 0.2) is 5.82 Å². The van der Waals surface area contributed by atoms with E-state index in [-0.39, 0.29) is 12.7 Å². The standard InChI is InChI=1S/C23H30N6O2/c1-15-9-18-12-25-29(21(18)10-20(15)17-3-5-24-6-4-17)23-11-22(26-16(2)27-23)28-7-8-31-19(13-28)14-30/h9-12,17,19,24,30H,3-8,13-14H2,1-2H3/t19-/m0/s1. The third kappa shape index (κ3) is 4.03. The Morgan fingerprint density at radius 3 is 2.74 bits per heavy atom. The van der Waals surface area contributed by atoms with Crippen molar-refractivity contribution in [3.05, 3.63) is 41.3 Å². The minimum Gasteiger partial charge on any atom is -0.394 e. The molecule has 0 unspecified atom stereocenters. The molecule has 2 fully saturated rings. The number of nitrogens with one attached hydrogen (secondary N) is 1. The van der Waals surface area contributed by atoms with Crippen LogP contribution in [0, 0.1) is 13.8 Å². The number of hydrogen-bond acceptors (Lipinski definition) is 7. The highest BCUT2D eigenvalue weighted by Gasteiger charge is 2.23. The lowest BCUT2D eigenvalue weighted by atomic mass is 9.87. The number of benzene rings is 1. The van der Waals surface area contributed by atoms with Crippen molar-refractivity contribution in [1.29, 1.82) is 0 Å². The number of ether oxygens (including phenoxy) is 1. The van der Waals surface area contributed by atoms with E-state index < -0.39 is 0 Å². The van der Waals surface area contributed by atoms with E-state index in [9.17, 15) is 5.11 Å². The van der Waals surface area contributed by atoms with Crippen molar-refractivity contribution in [2.24, 2.45) is 0 Å². The van der Waals surface area contributed by atoms with Crippen LogP contribution in [0.15, 0.2) is 24.4 Å². The first-order valence-corrected chi connectivity index (χ1v) is 11.1. The predicted molar refractivity (Wildman–Crippen MR) is 120 cm³/mol. The molecule has 31 heavy (non-hydrogen) atoms. The quantitative estimate of drug-likeness (QED) is 0.666. The molecule has 8 heteroatoms. The summed E-state index contributed by atoms with van der Waals surface area (Å²) in [5.74, 6) is 2.90. The number of hydrogen-bond donors (Lipinski definition) is 2. The van der Waals surface area contributed by atoms with E-state index >= 15 is 0 Å². The first kappa shape index (κ1) is 20.4. The Kier molecular flexibility index (Phi) is 5.60. The van der Waals surface area contributed by atoms with E-state index in [1.54, 1.807) is 0 Å². The summed E-state index contributed by atoms with van der Waals surface area (Å²) in [4.78, 5) is 11.5. The van der Waals surface area contributed by atoms with E-state index in [1.165, 1.54) is 24.0 Å². The van der Waals surface area contributed by atoms with Gasteiger partial charge in [-0.05, 0) is 69.0 Å². The van der Waals surface area contributed by atoms with E-state index in [4.69, 9.17) is 9.72 Å². The summed E-state index contributed by atoms with van der Waals surface area (Å²) in [5.41, 5.74) is 3.83. The first-order chi connectivity index (χ1) is 15.1. The topological polar surface area (TPSA) is 88.3 Å². The number of morpholine rings is 1. The maximum absolute atomic E-state index is 9.49. The highest BCUT2D eigenvalue weighted by atomic mass is 16.5. The van der Waals surface area contributed by atoms with Crippen LogP contribution in [0.1, 0.15) is 35.7 Å². The Balaban J connectivity index is 1.54. The Labute approximate surface area is 182 Å². The van der Waals surface area contributed by atoms with Crippen molar-refractivity contribution >= 4 is 16.7 Å². The molecule has 0 spiro atoms. The lowest BCUT2D eigenvalue weighted by molar-refractivity contribution is 0.00335. The van der Waals surface area contributed by atoms with Gasteiger partial charge in [-0.15, -0.1) is 0 Å². The van der Waals surface area contributed by atoms with Crippen molar-refractivity contribution < 1.29 is 9.84 Å². The maximum Gasteiger partial charge on any atom is 0.159 e. The highest BCUT2D eigenvalue weighted by Crippen LogP contribution is 2.32. The van der Waals surface area contributed by atoms with Crippen LogP contribution >= 0.6 is 0 Å². The van der Waals surface area contributed by atoms with Crippen molar-refractivity contribution in [2.45, 2.75) is 38.7 Å². The summed E-state index contributed by atoms with van der Waals surface area (Å²) in [7, 11) is 0. The zero-order valence-electron chi connectivity index (χ0n) is 18.2. The second-order valence-electron chi connectivity index (χ2n) is 8.60. The lowest BCUT2D eigenvalue weighted by Crippen LogP contribution is -2.44. The fraction of sp³-hybridized carbons (Fsp3) is 0.522. The van der Waals surface area contributed by atoms with Crippen LogP contribution in [-0.4, -0.2) is 70.4 Å². The molecule has 5 rings (SSSR count). The summed E-state index contributed by atoms with van der Waals surface area (Å²) >= 11 is 0. The third-order valence-corrected chi connectivity index (χ3v) is 6.43. The Morgan fingerprint density at radius 2 is 1.94 bits per heavy atom. The molecule has 0 radical (unpaired) electrons. The number of aryl methyl sites for hydroxylation is 2. The van der Waals surface area contributed by atoms with Crippen LogP contribution in [0.2, 0.25) is 0 Å². The minimum absolute atomic E-state index is 0.00995. The van der Waals surface area contributed by atoms with E-state index in [0.29, 0.717) is 24.9 Å². The van der Waals surface area contributed by atoms with Crippen LogP contribution < -0.4 is 10.2 Å². The molecule has 0 saturated carbocycles. The number of aromatic nitrogens is 4. The lowest BCUT2D eigenvalue weighted by Gasteiger charge is -2.33. The molecule has 8 nitrogen and oxygen atoms in total. The smallest absolute Gasteiger partial charge is 0.159 e. The highest BCUT2D eigenvalue weighted by molar-refractivity contribution is 5.82. The monoisotopic (exact) mass is 422 g/mol. The molecule has 164 valence electrons. The molecular formula is C23H30N6O2. The molecule has 2 aliphatic rings. The van der Waals surface area contributed by atoms with Crippen LogP contribution in [0.5, 0.6) is 0 Å². The zero-order chi connectivity index (χ0) is 21.4. The molecule has 0 bridgehead atoms. The molecule has 2 saturated heterocycles. The van der Waals surface area contributed by atoms with Gasteiger partial charge in [0.25, 0.3) is 0 Å². The Hall–Kier alpha value is -2.55. The van der Waals surface area contributed by atoms with Crippen LogP contribution in [0.25, 0.3) is 16.7 Å². The second kappa shape index (κ2) is 8.53. The van der Waals surface area contributed by atoms with Crippen LogP contribution in [0.3, 0.4) is 0 Å². The van der Waals surface area contributed by atoms with Crippen molar-refractivity contribution in [3.8, 4) is 5.82 Å². The molecule has 3 aromatic rings. The van der Waals surface area contributed by atoms with E-state index in [2.05, 4.69) is 39.4 Å². The molecule has 4 heterocycles. The third-order valence-electron chi connectivity index (χ3n) is 6.43. The van der Waals surface area contributed by atoms with Crippen molar-refractivity contribution in [3.63, 3.8) is 0 Å². The van der Waals surface area contributed by atoms with E-state index in [0.717, 1.165) is 42.2 Å². The predicted octanol–water partition coefficient (Wildman–Crippen LogP) is 2.10. The first-order valence-electron chi connectivity index (χ1n) is 11.1. The molecular weight excluding hydrogens is 392 g/mol. The van der Waals surface area contributed by atoms with Crippen LogP contribution in [-0.2, 0) is 4.74 Å². The molecule has 0 aliphatic carbocycles. The number of piperidine rings is 1. The average Bonchev–Trinajstić information content (AvgIpc) is 3.21. The normalized spacial score (nSPS) is 20.5. The van der Waals surface area contributed by atoms with Gasteiger partial charge in [0.1, 0.15) is 11.6 Å². The molecule has 2 aliphatic heterocycles. The summed E-state index contributed by atoms with van der Waals surface area (Å²) in [6.45, 7) is 8.21. The van der Waals surface area contributed by atoms with Crippen molar-refractivity contribution in [2.75, 3.05) is 44.3 Å². The van der Waals surface area contributed by atoms with Gasteiger partial charge in [-0.1, -0.05) is 0 Å². The summed E-state index contributed by atoms with van der Waals surface area (Å²) < 4.78 is 7.53. The van der Waals surface area contributed by atoms with Gasteiger partial charge >= 0.3 is 0 Å². The average molecular weight is 423 g/mol. The molecule has 1 aromatic carbocycles. The molecule has 2 N–H and O–H groups in total. The number of nitrogens with zero attached hydrogens (tertiary/aromatic N) is 5. The van der Waals surface area contributed by atoms with Crippen molar-refractivity contribution in [1.82, 2.24) is 25.1 Å². The van der Waals surface area contributed by atoms with Gasteiger partial charge in [0, 0.05) is 24.5 Å². The maximum atomic E-state index is 9.49. The number of rotatable bonds is 4. The SMILES string of the molecule is Cc1nc(N2CCO[C@H](CO)C2)cc(-n2ncc3cc(C)c(C4CCNCC4)cc32)n1. The second-order valence-corrected chi connectivity index (χ2v) is 8.60. The zero-order valence-corrected chi connectivity index (χ0v) is 18.2. The molecule has 2 aromatic heterocycles. The van der Waals surface area contributed by atoms with Gasteiger partial charge in [0.05, 0.1) is 31.0 Å². The summed E-state index contributed by atoms with van der Waals surface area (Å²) in [6.07, 6.45) is 4.07. The number of fused-ring (bicyclic) bond motifs is 1. The largest absolute Gasteiger partial charge is 0.394 e. The Bertz CT molecular complexity index is 1080. The van der Waals surface area contributed by atoms with Gasteiger partial charge in [-0.25, -0.2) is 14.6 Å². The Morgan fingerprint density at radius 1 is 1.13 bits per heavy atom.